The molecule has 1 N–H and O–H groups in total. The van der Waals surface area contributed by atoms with E-state index in [0.717, 1.165) is 5.56 Å². The third-order valence-electron chi connectivity index (χ3n) is 5.86. The normalized spacial score (nSPS) is 18.1. The Bertz CT molecular complexity index is 1260. The van der Waals surface area contributed by atoms with Gasteiger partial charge in [0.2, 0.25) is 0 Å². The molecule has 5 nitrogen and oxygen atoms in total. The van der Waals surface area contributed by atoms with E-state index < -0.39 is 23.5 Å². The fourth-order valence-corrected chi connectivity index (χ4v) is 3.99. The zero-order valence-corrected chi connectivity index (χ0v) is 19.0. The van der Waals surface area contributed by atoms with Crippen LogP contribution in [0.5, 0.6) is 0 Å². The molecule has 0 aliphatic carbocycles. The van der Waals surface area contributed by atoms with Crippen molar-refractivity contribution in [2.24, 2.45) is 0 Å². The number of aryl methyl sites for hydroxylation is 1. The van der Waals surface area contributed by atoms with Crippen LogP contribution in [0.15, 0.2) is 72.4 Å². The van der Waals surface area contributed by atoms with Gasteiger partial charge in [0, 0.05) is 17.4 Å². The number of hydrogen-bond donors (Lipinski definition) is 1. The maximum absolute atomic E-state index is 13.8. The van der Waals surface area contributed by atoms with Crippen LogP contribution in [0.25, 0.3) is 5.76 Å². The molecule has 1 aliphatic rings. The summed E-state index contributed by atoms with van der Waals surface area (Å²) >= 11 is 0. The van der Waals surface area contributed by atoms with Crippen molar-refractivity contribution in [3.63, 3.8) is 0 Å². The van der Waals surface area contributed by atoms with Gasteiger partial charge in [-0.05, 0) is 65.9 Å². The third kappa shape index (κ3) is 4.04. The van der Waals surface area contributed by atoms with Crippen LogP contribution in [0.2, 0.25) is 0 Å². The van der Waals surface area contributed by atoms with Gasteiger partial charge in [-0.2, -0.15) is 0 Å². The first kappa shape index (κ1) is 22.4. The summed E-state index contributed by atoms with van der Waals surface area (Å²) < 4.78 is 13.8. The first-order chi connectivity index (χ1) is 15.6. The fourth-order valence-electron chi connectivity index (χ4n) is 3.99. The maximum atomic E-state index is 13.8. The monoisotopic (exact) mass is 444 g/mol. The molecule has 2 aromatic carbocycles. The second kappa shape index (κ2) is 8.28. The Morgan fingerprint density at radius 2 is 1.73 bits per heavy atom. The number of Topliss-reactive ketones (excluding diaryl/α,β-unsaturated/α-hetero) is 1. The highest BCUT2D eigenvalue weighted by Crippen LogP contribution is 2.42. The number of anilines is 1. The largest absolute Gasteiger partial charge is 0.507 e. The zero-order chi connectivity index (χ0) is 23.9. The molecule has 33 heavy (non-hydrogen) atoms. The molecule has 168 valence electrons. The molecule has 0 radical (unpaired) electrons. The second-order valence-electron chi connectivity index (χ2n) is 9.18. The van der Waals surface area contributed by atoms with Gasteiger partial charge in [-0.3, -0.25) is 19.5 Å². The minimum absolute atomic E-state index is 0.0759. The third-order valence-corrected chi connectivity index (χ3v) is 5.86. The molecule has 1 unspecified atom stereocenters. The average molecular weight is 445 g/mol. The molecule has 2 heterocycles. The quantitative estimate of drug-likeness (QED) is 0.331. The van der Waals surface area contributed by atoms with E-state index in [1.54, 1.807) is 43.5 Å². The molecule has 1 atom stereocenters. The lowest BCUT2D eigenvalue weighted by molar-refractivity contribution is -0.132. The predicted molar refractivity (Wildman–Crippen MR) is 125 cm³/mol. The van der Waals surface area contributed by atoms with Gasteiger partial charge < -0.3 is 5.11 Å². The standard InChI is InChI=1S/C27H25FN2O3/c1-16-15-17(8-13-20(16)28)24(31)22-23(21-7-5-6-14-29-21)30(26(33)25(22)32)19-11-9-18(10-12-19)27(2,3)4/h5-15,23,31H,1-4H3/b24-22-. The van der Waals surface area contributed by atoms with Crippen LogP contribution in [0.3, 0.4) is 0 Å². The van der Waals surface area contributed by atoms with Crippen molar-refractivity contribution in [1.82, 2.24) is 4.98 Å². The molecule has 6 heteroatoms. The van der Waals surface area contributed by atoms with Crippen LogP contribution < -0.4 is 4.90 Å². The van der Waals surface area contributed by atoms with Crippen LogP contribution >= 0.6 is 0 Å². The van der Waals surface area contributed by atoms with Crippen molar-refractivity contribution in [2.75, 3.05) is 4.90 Å². The van der Waals surface area contributed by atoms with Gasteiger partial charge in [-0.25, -0.2) is 4.39 Å². The summed E-state index contributed by atoms with van der Waals surface area (Å²) in [4.78, 5) is 32.1. The van der Waals surface area contributed by atoms with Gasteiger partial charge in [-0.15, -0.1) is 0 Å². The number of halogens is 1. The van der Waals surface area contributed by atoms with Gasteiger partial charge in [0.1, 0.15) is 17.6 Å². The highest BCUT2D eigenvalue weighted by Gasteiger charge is 2.47. The van der Waals surface area contributed by atoms with Gasteiger partial charge in [0.25, 0.3) is 11.7 Å². The van der Waals surface area contributed by atoms with E-state index in [1.165, 1.54) is 23.1 Å². The highest BCUT2D eigenvalue weighted by atomic mass is 19.1. The van der Waals surface area contributed by atoms with E-state index in [1.807, 2.05) is 12.1 Å². The number of pyridine rings is 1. The number of ketones is 1. The first-order valence-electron chi connectivity index (χ1n) is 10.7. The Balaban J connectivity index is 1.90. The Labute approximate surface area is 192 Å². The van der Waals surface area contributed by atoms with E-state index in [2.05, 4.69) is 25.8 Å². The number of aromatic nitrogens is 1. The van der Waals surface area contributed by atoms with Gasteiger partial charge >= 0.3 is 0 Å². The number of rotatable bonds is 3. The summed E-state index contributed by atoms with van der Waals surface area (Å²) in [5.41, 5.74) is 2.47. The Morgan fingerprint density at radius 3 is 2.30 bits per heavy atom. The number of amides is 1. The summed E-state index contributed by atoms with van der Waals surface area (Å²) in [5, 5.41) is 11.1. The summed E-state index contributed by atoms with van der Waals surface area (Å²) in [5.74, 6) is -2.35. The molecule has 1 aromatic heterocycles. The highest BCUT2D eigenvalue weighted by molar-refractivity contribution is 6.51. The number of hydrogen-bond acceptors (Lipinski definition) is 4. The number of aliphatic hydroxyl groups is 1. The van der Waals surface area contributed by atoms with Crippen molar-refractivity contribution in [2.45, 2.75) is 39.2 Å². The summed E-state index contributed by atoms with van der Waals surface area (Å²) in [6, 6.07) is 15.8. The van der Waals surface area contributed by atoms with E-state index in [-0.39, 0.29) is 22.3 Å². The molecule has 0 bridgehead atoms. The van der Waals surface area contributed by atoms with Crippen molar-refractivity contribution in [3.8, 4) is 0 Å². The minimum atomic E-state index is -0.919. The van der Waals surface area contributed by atoms with Crippen LogP contribution in [0.1, 0.15) is 49.2 Å². The number of carbonyl (C=O) groups excluding carboxylic acids is 2. The molecule has 1 aliphatic heterocycles. The number of aliphatic hydroxyl groups excluding tert-OH is 1. The molecule has 0 spiro atoms. The Kier molecular flexibility index (Phi) is 5.62. The first-order valence-corrected chi connectivity index (χ1v) is 10.7. The van der Waals surface area contributed by atoms with Crippen molar-refractivity contribution < 1.29 is 19.1 Å². The fraction of sp³-hybridized carbons (Fsp3) is 0.222. The predicted octanol–water partition coefficient (Wildman–Crippen LogP) is 5.45. The van der Waals surface area contributed by atoms with Crippen LogP contribution in [0.4, 0.5) is 10.1 Å². The number of carbonyl (C=O) groups is 2. The molecular weight excluding hydrogens is 419 g/mol. The van der Waals surface area contributed by atoms with E-state index in [4.69, 9.17) is 0 Å². The number of nitrogens with zero attached hydrogens (tertiary/aromatic N) is 2. The SMILES string of the molecule is Cc1cc(/C(O)=C2/C(=O)C(=O)N(c3ccc(C(C)(C)C)cc3)C2c2ccccn2)ccc1F. The summed E-state index contributed by atoms with van der Waals surface area (Å²) in [6.45, 7) is 7.84. The average Bonchev–Trinajstić information content (AvgIpc) is 3.06. The maximum Gasteiger partial charge on any atom is 0.300 e. The van der Waals surface area contributed by atoms with Gasteiger partial charge in [0.15, 0.2) is 0 Å². The van der Waals surface area contributed by atoms with Crippen LogP contribution in [-0.4, -0.2) is 21.8 Å². The van der Waals surface area contributed by atoms with E-state index in [9.17, 15) is 19.1 Å². The lowest BCUT2D eigenvalue weighted by Crippen LogP contribution is -2.30. The summed E-state index contributed by atoms with van der Waals surface area (Å²) in [7, 11) is 0. The second-order valence-corrected chi connectivity index (χ2v) is 9.18. The lowest BCUT2D eigenvalue weighted by atomic mass is 9.87. The smallest absolute Gasteiger partial charge is 0.300 e. The van der Waals surface area contributed by atoms with E-state index in [0.29, 0.717) is 16.9 Å². The summed E-state index contributed by atoms with van der Waals surface area (Å²) in [6.07, 6.45) is 1.57. The molecule has 1 amide bonds. The van der Waals surface area contributed by atoms with Crippen molar-refractivity contribution in [1.29, 1.82) is 0 Å². The number of benzene rings is 2. The molecule has 4 rings (SSSR count). The molecule has 0 saturated carbocycles. The molecule has 1 saturated heterocycles. The van der Waals surface area contributed by atoms with Crippen LogP contribution in [-0.2, 0) is 15.0 Å². The Hall–Kier alpha value is -3.80. The molecule has 3 aromatic rings. The van der Waals surface area contributed by atoms with Crippen molar-refractivity contribution in [3.05, 3.63) is 101 Å². The lowest BCUT2D eigenvalue weighted by Gasteiger charge is -2.26. The Morgan fingerprint density at radius 1 is 1.03 bits per heavy atom. The van der Waals surface area contributed by atoms with Gasteiger partial charge in [0.05, 0.1) is 11.3 Å². The van der Waals surface area contributed by atoms with E-state index >= 15 is 0 Å². The van der Waals surface area contributed by atoms with Crippen LogP contribution in [0, 0.1) is 12.7 Å². The zero-order valence-electron chi connectivity index (χ0n) is 19.0. The molecule has 1 fully saturated rings. The topological polar surface area (TPSA) is 70.5 Å². The van der Waals surface area contributed by atoms with Crippen molar-refractivity contribution >= 4 is 23.1 Å². The minimum Gasteiger partial charge on any atom is -0.507 e. The molecular formula is C27H25FN2O3. The van der Waals surface area contributed by atoms with Gasteiger partial charge in [-0.1, -0.05) is 39.0 Å².